The van der Waals surface area contributed by atoms with Gasteiger partial charge in [-0.25, -0.2) is 9.78 Å². The summed E-state index contributed by atoms with van der Waals surface area (Å²) in [5.41, 5.74) is 1.50. The fraction of sp³-hybridized carbons (Fsp3) is 0.429. The Morgan fingerprint density at radius 2 is 2.14 bits per heavy atom. The summed E-state index contributed by atoms with van der Waals surface area (Å²) in [6, 6.07) is 3.65. The van der Waals surface area contributed by atoms with Crippen LogP contribution in [0.4, 0.5) is 0 Å². The molecule has 1 amide bonds. The quantitative estimate of drug-likeness (QED) is 0.612. The zero-order valence-electron chi connectivity index (χ0n) is 12.1. The molecule has 0 spiro atoms. The number of ether oxygens (including phenoxy) is 1. The highest BCUT2D eigenvalue weighted by molar-refractivity contribution is 6.32. The van der Waals surface area contributed by atoms with E-state index in [9.17, 15) is 9.59 Å². The zero-order chi connectivity index (χ0) is 16.0. The number of aryl methyl sites for hydroxylation is 2. The minimum atomic E-state index is -0.688. The summed E-state index contributed by atoms with van der Waals surface area (Å²) < 4.78 is 4.96. The molecule has 1 aromatic heterocycles. The maximum absolute atomic E-state index is 12.0. The first-order valence-electron chi connectivity index (χ1n) is 6.28. The molecule has 0 aromatic carbocycles. The van der Waals surface area contributed by atoms with Crippen LogP contribution in [0.3, 0.4) is 0 Å². The number of nitrogens with zero attached hydrogens (tertiary/aromatic N) is 3. The minimum Gasteiger partial charge on any atom is -0.452 e. The number of amides is 1. The number of pyridine rings is 1. The van der Waals surface area contributed by atoms with Crippen molar-refractivity contribution in [2.24, 2.45) is 0 Å². The first kappa shape index (κ1) is 16.9. The number of rotatable bonds is 5. The Kier molecular flexibility index (Phi) is 6.12. The number of carbonyl (C=O) groups is 2. The van der Waals surface area contributed by atoms with Crippen molar-refractivity contribution in [2.45, 2.75) is 20.3 Å². The first-order chi connectivity index (χ1) is 9.86. The van der Waals surface area contributed by atoms with Gasteiger partial charge < -0.3 is 9.64 Å². The first-order valence-corrected chi connectivity index (χ1v) is 6.66. The fourth-order valence-electron chi connectivity index (χ4n) is 1.69. The summed E-state index contributed by atoms with van der Waals surface area (Å²) in [6.45, 7) is 3.38. The van der Waals surface area contributed by atoms with Gasteiger partial charge in [-0.2, -0.15) is 5.26 Å². The molecule has 0 aliphatic carbocycles. The van der Waals surface area contributed by atoms with E-state index in [0.29, 0.717) is 17.8 Å². The number of nitriles is 1. The standard InChI is InChI=1S/C14H16ClN3O3/c1-9-7-10(2)17-13(15)12(9)14(20)21-8-11(19)18(3)6-4-5-16/h7H,4,6,8H2,1-3H3. The van der Waals surface area contributed by atoms with Gasteiger partial charge in [0, 0.05) is 19.3 Å². The molecule has 112 valence electrons. The zero-order valence-corrected chi connectivity index (χ0v) is 12.9. The molecule has 1 aromatic rings. The molecule has 0 unspecified atom stereocenters. The second-order valence-corrected chi connectivity index (χ2v) is 4.90. The summed E-state index contributed by atoms with van der Waals surface area (Å²) in [5, 5.41) is 8.51. The molecule has 0 aliphatic heterocycles. The summed E-state index contributed by atoms with van der Waals surface area (Å²) in [4.78, 5) is 29.0. The predicted octanol–water partition coefficient (Wildman–Crippen LogP) is 1.88. The van der Waals surface area contributed by atoms with Crippen LogP contribution in [0, 0.1) is 25.2 Å². The molecule has 0 bridgehead atoms. The van der Waals surface area contributed by atoms with E-state index >= 15 is 0 Å². The van der Waals surface area contributed by atoms with Gasteiger partial charge in [0.15, 0.2) is 6.61 Å². The Labute approximate surface area is 128 Å². The van der Waals surface area contributed by atoms with Crippen LogP contribution in [0.5, 0.6) is 0 Å². The third-order valence-corrected chi connectivity index (χ3v) is 3.09. The van der Waals surface area contributed by atoms with Crippen molar-refractivity contribution in [3.63, 3.8) is 0 Å². The molecule has 0 radical (unpaired) electrons. The Balaban J connectivity index is 2.67. The molecule has 0 saturated carbocycles. The lowest BCUT2D eigenvalue weighted by atomic mass is 10.1. The molecule has 0 fully saturated rings. The van der Waals surface area contributed by atoms with Crippen LogP contribution in [0.25, 0.3) is 0 Å². The Hall–Kier alpha value is -2.13. The van der Waals surface area contributed by atoms with Crippen LogP contribution >= 0.6 is 11.6 Å². The highest BCUT2D eigenvalue weighted by atomic mass is 35.5. The highest BCUT2D eigenvalue weighted by Crippen LogP contribution is 2.19. The molecule has 0 aliphatic rings. The summed E-state index contributed by atoms with van der Waals surface area (Å²) in [6.07, 6.45) is 0.225. The van der Waals surface area contributed by atoms with Crippen molar-refractivity contribution < 1.29 is 14.3 Å². The van der Waals surface area contributed by atoms with Crippen LogP contribution in [-0.2, 0) is 9.53 Å². The smallest absolute Gasteiger partial charge is 0.342 e. The third kappa shape index (κ3) is 4.72. The van der Waals surface area contributed by atoms with Crippen LogP contribution in [0.15, 0.2) is 6.07 Å². The van der Waals surface area contributed by atoms with Gasteiger partial charge in [-0.1, -0.05) is 11.6 Å². The van der Waals surface area contributed by atoms with Gasteiger partial charge in [0.25, 0.3) is 5.91 Å². The van der Waals surface area contributed by atoms with Crippen LogP contribution < -0.4 is 0 Å². The number of hydrogen-bond donors (Lipinski definition) is 0. The van der Waals surface area contributed by atoms with Crippen molar-refractivity contribution in [3.8, 4) is 6.07 Å². The number of carbonyl (C=O) groups excluding carboxylic acids is 2. The number of likely N-dealkylation sites (N-methyl/N-ethyl adjacent to an activating group) is 1. The van der Waals surface area contributed by atoms with Gasteiger partial charge in [-0.15, -0.1) is 0 Å². The number of hydrogen-bond acceptors (Lipinski definition) is 5. The average Bonchev–Trinajstić information content (AvgIpc) is 2.40. The maximum Gasteiger partial charge on any atom is 0.342 e. The van der Waals surface area contributed by atoms with Crippen molar-refractivity contribution in [3.05, 3.63) is 28.0 Å². The molecule has 7 heteroatoms. The summed E-state index contributed by atoms with van der Waals surface area (Å²) in [5.74, 6) is -1.07. The predicted molar refractivity (Wildman–Crippen MR) is 76.9 cm³/mol. The SMILES string of the molecule is Cc1cc(C)c(C(=O)OCC(=O)N(C)CCC#N)c(Cl)n1. The van der Waals surface area contributed by atoms with Crippen molar-refractivity contribution >= 4 is 23.5 Å². The molecule has 0 N–H and O–H groups in total. The Morgan fingerprint density at radius 3 is 2.71 bits per heavy atom. The third-order valence-electron chi connectivity index (χ3n) is 2.82. The van der Waals surface area contributed by atoms with Gasteiger partial charge in [-0.05, 0) is 25.5 Å². The highest BCUT2D eigenvalue weighted by Gasteiger charge is 2.19. The lowest BCUT2D eigenvalue weighted by Crippen LogP contribution is -2.32. The Morgan fingerprint density at radius 1 is 1.48 bits per heavy atom. The van der Waals surface area contributed by atoms with E-state index in [4.69, 9.17) is 21.6 Å². The molecular formula is C14H16ClN3O3. The van der Waals surface area contributed by atoms with Gasteiger partial charge in [0.1, 0.15) is 5.15 Å². The number of aromatic nitrogens is 1. The Bertz CT molecular complexity index is 573. The molecule has 0 atom stereocenters. The van der Waals surface area contributed by atoms with E-state index in [2.05, 4.69) is 4.98 Å². The van der Waals surface area contributed by atoms with E-state index in [0.717, 1.165) is 0 Å². The number of halogens is 1. The van der Waals surface area contributed by atoms with E-state index < -0.39 is 12.6 Å². The fourth-order valence-corrected chi connectivity index (χ4v) is 2.05. The molecule has 1 rings (SSSR count). The molecular weight excluding hydrogens is 294 g/mol. The topological polar surface area (TPSA) is 83.3 Å². The molecule has 6 nitrogen and oxygen atoms in total. The van der Waals surface area contributed by atoms with Crippen LogP contribution in [-0.4, -0.2) is 42.0 Å². The van der Waals surface area contributed by atoms with E-state index in [1.165, 1.54) is 4.90 Å². The maximum atomic E-state index is 12.0. The second kappa shape index (κ2) is 7.60. The normalized spacial score (nSPS) is 9.86. The lowest BCUT2D eigenvalue weighted by molar-refractivity contribution is -0.133. The molecule has 0 saturated heterocycles. The summed E-state index contributed by atoms with van der Waals surface area (Å²) in [7, 11) is 1.54. The van der Waals surface area contributed by atoms with Gasteiger partial charge in [0.2, 0.25) is 0 Å². The molecule has 1 heterocycles. The van der Waals surface area contributed by atoms with E-state index in [1.54, 1.807) is 27.0 Å². The molecule has 21 heavy (non-hydrogen) atoms. The van der Waals surface area contributed by atoms with E-state index in [-0.39, 0.29) is 23.0 Å². The minimum absolute atomic E-state index is 0.0581. The van der Waals surface area contributed by atoms with Crippen molar-refractivity contribution in [1.29, 1.82) is 5.26 Å². The van der Waals surface area contributed by atoms with Crippen molar-refractivity contribution in [1.82, 2.24) is 9.88 Å². The number of esters is 1. The van der Waals surface area contributed by atoms with Gasteiger partial charge >= 0.3 is 5.97 Å². The summed E-state index contributed by atoms with van der Waals surface area (Å²) >= 11 is 5.93. The van der Waals surface area contributed by atoms with Crippen molar-refractivity contribution in [2.75, 3.05) is 20.2 Å². The van der Waals surface area contributed by atoms with E-state index in [1.807, 2.05) is 6.07 Å². The largest absolute Gasteiger partial charge is 0.452 e. The van der Waals surface area contributed by atoms with Gasteiger partial charge in [0.05, 0.1) is 18.1 Å². The lowest BCUT2D eigenvalue weighted by Gasteiger charge is -2.15. The van der Waals surface area contributed by atoms with Gasteiger partial charge in [-0.3, -0.25) is 4.79 Å². The average molecular weight is 310 g/mol. The van der Waals surface area contributed by atoms with Crippen LogP contribution in [0.1, 0.15) is 28.0 Å². The monoisotopic (exact) mass is 309 g/mol. The second-order valence-electron chi connectivity index (χ2n) is 4.55. The van der Waals surface area contributed by atoms with Crippen LogP contribution in [0.2, 0.25) is 5.15 Å².